The van der Waals surface area contributed by atoms with E-state index < -0.39 is 248 Å². The van der Waals surface area contributed by atoms with Gasteiger partial charge in [0.05, 0.1) is 32.5 Å². The van der Waals surface area contributed by atoms with Gasteiger partial charge in [-0.05, 0) is 32.0 Å². The molecule has 0 aliphatic carbocycles. The second-order valence-corrected chi connectivity index (χ2v) is 20.8. The summed E-state index contributed by atoms with van der Waals surface area (Å²) < 4.78 is 80.1. The summed E-state index contributed by atoms with van der Waals surface area (Å²) in [7, 11) is 1.00. The highest BCUT2D eigenvalue weighted by atomic mass is 16.8. The van der Waals surface area contributed by atoms with Crippen LogP contribution in [0.2, 0.25) is 0 Å². The normalized spacial score (nSPS) is 42.6. The molecule has 2 aromatic carbocycles. The van der Waals surface area contributed by atoms with E-state index >= 15 is 0 Å². The lowest BCUT2D eigenvalue weighted by molar-refractivity contribution is -0.374. The fraction of sp³-hybridized carbons (Fsp3) is 0.660. The topological polar surface area (TPSA) is 548 Å². The first-order valence-corrected chi connectivity index (χ1v) is 26.1. The number of aliphatic hydroxyl groups excluding tert-OH is 14. The van der Waals surface area contributed by atoms with Crippen LogP contribution in [0.4, 0.5) is 0 Å². The molecule has 35 nitrogen and oxygen atoms in total. The quantitative estimate of drug-likeness (QED) is 0.0633. The van der Waals surface area contributed by atoms with Gasteiger partial charge in [-0.3, -0.25) is 4.79 Å². The largest absolute Gasteiger partial charge is 0.504 e. The van der Waals surface area contributed by atoms with Crippen molar-refractivity contribution in [2.45, 2.75) is 186 Å². The minimum atomic E-state index is -2.33. The highest BCUT2D eigenvalue weighted by Gasteiger charge is 2.58. The van der Waals surface area contributed by atoms with Crippen LogP contribution in [0.5, 0.6) is 28.7 Å². The fourth-order valence-electron chi connectivity index (χ4n) is 10.2. The van der Waals surface area contributed by atoms with E-state index in [0.29, 0.717) is 0 Å². The first-order valence-electron chi connectivity index (χ1n) is 26.1. The third-order valence-corrected chi connectivity index (χ3v) is 15.1. The summed E-state index contributed by atoms with van der Waals surface area (Å²) in [6.45, 7) is 1.27. The number of carbonyl (C=O) groups is 2. The zero-order valence-electron chi connectivity index (χ0n) is 44.5. The van der Waals surface area contributed by atoms with Gasteiger partial charge in [0, 0.05) is 17.7 Å². The molecule has 0 saturated carbocycles. The molecule has 1 aromatic heterocycles. The second-order valence-electron chi connectivity index (χ2n) is 20.8. The van der Waals surface area contributed by atoms with Gasteiger partial charge >= 0.3 is 11.9 Å². The van der Waals surface area contributed by atoms with Crippen LogP contribution in [0.25, 0.3) is 22.3 Å². The van der Waals surface area contributed by atoms with Gasteiger partial charge < -0.3 is 158 Å². The Labute approximate surface area is 476 Å². The van der Waals surface area contributed by atoms with Crippen LogP contribution in [-0.4, -0.2) is 296 Å². The van der Waals surface area contributed by atoms with Crippen molar-refractivity contribution in [3.63, 3.8) is 0 Å². The molecule has 6 aliphatic heterocycles. The summed E-state index contributed by atoms with van der Waals surface area (Å²) in [4.78, 5) is 39.1. The number of carboxylic acid groups (broad SMARTS) is 2. The number of benzene rings is 2. The van der Waals surface area contributed by atoms with E-state index in [0.717, 1.165) is 37.4 Å². The molecule has 0 bridgehead atoms. The molecule has 6 aliphatic rings. The Morgan fingerprint density at radius 1 is 0.494 bits per heavy atom. The number of hydrogen-bond donors (Lipinski definition) is 18. The SMILES string of the molecule is COc1c(O[C@@H]2O[C@H](C(=O)O)[C@@H](O)[C@H](O[C@@H]3OC[C@H](O)[C@H](O)[C@H]3O)[C@H]2O[C@@H]2O[C@@H](C)[C@H](O)[C@@H](O)[C@H]2O)cc2oc(-c3ccc(O[C@@H]4O[C@H](C(=O)O)[C@@H](O)[C@H](O[C@@H]5OC[C@@H](O)[C@H](O)[C@H]5O)[C@H]4O[C@H]4O[C@H](C)[C@@H](O)[C@H](O)[C@@H]4O)c(O)c3)cc(=O)c2c1O. The molecule has 28 atom stereocenters. The number of aliphatic hydroxyl groups is 14. The first-order chi connectivity index (χ1) is 40.1. The van der Waals surface area contributed by atoms with Crippen molar-refractivity contribution >= 4 is 22.9 Å². The van der Waals surface area contributed by atoms with Gasteiger partial charge in [0.25, 0.3) is 0 Å². The molecule has 0 unspecified atom stereocenters. The summed E-state index contributed by atoms with van der Waals surface area (Å²) in [5.41, 5.74) is -1.67. The van der Waals surface area contributed by atoms with Gasteiger partial charge in [-0.1, -0.05) is 0 Å². The van der Waals surface area contributed by atoms with Gasteiger partial charge in [-0.2, -0.15) is 0 Å². The fourth-order valence-corrected chi connectivity index (χ4v) is 10.2. The lowest BCUT2D eigenvalue weighted by Gasteiger charge is -2.47. The molecule has 35 heteroatoms. The predicted molar refractivity (Wildman–Crippen MR) is 263 cm³/mol. The number of aromatic hydroxyl groups is 2. The number of ether oxygens (including phenoxy) is 13. The van der Waals surface area contributed by atoms with E-state index in [1.165, 1.54) is 13.8 Å². The van der Waals surface area contributed by atoms with Crippen molar-refractivity contribution in [3.05, 3.63) is 40.6 Å². The number of phenolic OH excluding ortho intramolecular Hbond substituents is 2. The number of hydrogen-bond acceptors (Lipinski definition) is 33. The van der Waals surface area contributed by atoms with Crippen LogP contribution in [0.15, 0.2) is 39.5 Å². The molecule has 7 heterocycles. The molecular formula is C50H64O35. The van der Waals surface area contributed by atoms with Crippen molar-refractivity contribution in [2.75, 3.05) is 20.3 Å². The maximum Gasteiger partial charge on any atom is 0.335 e. The van der Waals surface area contributed by atoms with Crippen molar-refractivity contribution in [1.29, 1.82) is 0 Å². The van der Waals surface area contributed by atoms with E-state index in [1.54, 1.807) is 0 Å². The second kappa shape index (κ2) is 25.8. The monoisotopic (exact) mass is 1220 g/mol. The third kappa shape index (κ3) is 12.6. The summed E-state index contributed by atoms with van der Waals surface area (Å²) in [6, 6.07) is 4.88. The summed E-state index contributed by atoms with van der Waals surface area (Å²) in [5, 5.41) is 192. The Morgan fingerprint density at radius 2 is 0.929 bits per heavy atom. The van der Waals surface area contributed by atoms with E-state index in [-0.39, 0.29) is 5.56 Å². The zero-order valence-corrected chi connectivity index (χ0v) is 44.5. The van der Waals surface area contributed by atoms with Crippen LogP contribution in [0, 0.1) is 0 Å². The Morgan fingerprint density at radius 3 is 1.36 bits per heavy atom. The van der Waals surface area contributed by atoms with Crippen molar-refractivity contribution in [1.82, 2.24) is 0 Å². The Kier molecular flexibility index (Phi) is 19.4. The minimum Gasteiger partial charge on any atom is -0.504 e. The predicted octanol–water partition coefficient (Wildman–Crippen LogP) is -7.95. The Balaban J connectivity index is 1.05. The van der Waals surface area contributed by atoms with Gasteiger partial charge in [0.2, 0.25) is 18.3 Å². The highest BCUT2D eigenvalue weighted by molar-refractivity contribution is 5.89. The molecule has 0 radical (unpaired) electrons. The molecule has 3 aromatic rings. The summed E-state index contributed by atoms with van der Waals surface area (Å²) in [5.74, 6) is -7.78. The van der Waals surface area contributed by atoms with Crippen LogP contribution >= 0.6 is 0 Å². The highest BCUT2D eigenvalue weighted by Crippen LogP contribution is 2.45. The van der Waals surface area contributed by atoms with E-state index in [1.807, 2.05) is 0 Å². The van der Waals surface area contributed by atoms with Crippen molar-refractivity contribution < 1.29 is 168 Å². The number of methoxy groups -OCH3 is 1. The average Bonchev–Trinajstić information content (AvgIpc) is 1.06. The van der Waals surface area contributed by atoms with Crippen molar-refractivity contribution in [3.8, 4) is 40.1 Å². The third-order valence-electron chi connectivity index (χ3n) is 15.1. The molecule has 85 heavy (non-hydrogen) atoms. The molecular weight excluding hydrogens is 1160 g/mol. The Hall–Kier alpha value is -5.37. The van der Waals surface area contributed by atoms with Gasteiger partial charge in [-0.25, -0.2) is 9.59 Å². The van der Waals surface area contributed by atoms with E-state index in [4.69, 9.17) is 66.0 Å². The summed E-state index contributed by atoms with van der Waals surface area (Å²) >= 11 is 0. The molecule has 474 valence electrons. The number of rotatable bonds is 16. The molecule has 6 fully saturated rings. The maximum absolute atomic E-state index is 13.9. The number of fused-ring (bicyclic) bond motifs is 1. The molecule has 0 amide bonds. The van der Waals surface area contributed by atoms with Gasteiger partial charge in [0.1, 0.15) is 114 Å². The van der Waals surface area contributed by atoms with Crippen LogP contribution < -0.4 is 19.6 Å². The lowest BCUT2D eigenvalue weighted by Crippen LogP contribution is -2.67. The van der Waals surface area contributed by atoms with E-state index in [2.05, 4.69) is 0 Å². The number of carboxylic acids is 2. The zero-order chi connectivity index (χ0) is 61.9. The molecule has 18 N–H and O–H groups in total. The van der Waals surface area contributed by atoms with Crippen LogP contribution in [0.1, 0.15) is 13.8 Å². The number of aliphatic carboxylic acids is 2. The van der Waals surface area contributed by atoms with E-state index in [9.17, 15) is 106 Å². The van der Waals surface area contributed by atoms with Crippen molar-refractivity contribution in [2.24, 2.45) is 0 Å². The standard InChI is InChI=1S/C50H64O35/c1-11-23(55)28(60)32(64)47(75-11)84-41-37(80-45-30(62)25(57)16(53)9-73-45)34(66)39(43(68)69)82-49(41)78-18-5-4-13(6-14(18)51)19-7-15(52)22-20(77-19)8-21(36(72-3)27(22)59)79-50-42(85-48-33(65)29(61)24(56)12(2)76-48)38(35(67)40(83-50)44(70)71)81-46-31(63)26(58)17(54)10-74-46/h4-8,11-12,16-17,23-26,28-35,37-42,45-51,53-67H,9-10H2,1-3H3,(H,68,69)(H,70,71)/t11-,12+,16-,17+,23-,24+,25+,26+,28+,29-,30-,31-,32+,33-,34+,35+,37+,38+,39+,40+,41-,42-,45+,46+,47-,48+,49-,50-/m1/s1. The molecule has 6 saturated heterocycles. The Bertz CT molecular complexity index is 2890. The summed E-state index contributed by atoms with van der Waals surface area (Å²) in [6.07, 6.45) is -54.7. The first kappa shape index (κ1) is 64.1. The van der Waals surface area contributed by atoms with Gasteiger partial charge in [-0.15, -0.1) is 0 Å². The van der Waals surface area contributed by atoms with Gasteiger partial charge in [0.15, 0.2) is 78.0 Å². The molecule has 9 rings (SSSR count). The van der Waals surface area contributed by atoms with Crippen LogP contribution in [-0.2, 0) is 57.0 Å². The average molecular weight is 1230 g/mol. The smallest absolute Gasteiger partial charge is 0.335 e. The number of phenols is 2. The lowest BCUT2D eigenvalue weighted by atomic mass is 9.96. The minimum absolute atomic E-state index is 0.150. The molecule has 0 spiro atoms. The van der Waals surface area contributed by atoms with Crippen LogP contribution in [0.3, 0.4) is 0 Å². The maximum atomic E-state index is 13.9.